The Bertz CT molecular complexity index is 378. The summed E-state index contributed by atoms with van der Waals surface area (Å²) in [5.41, 5.74) is 0. The van der Waals surface area contributed by atoms with E-state index in [2.05, 4.69) is 47.0 Å². The molecule has 0 radical (unpaired) electrons. The van der Waals surface area contributed by atoms with Gasteiger partial charge in [0.25, 0.3) is 0 Å². The molecule has 1 aliphatic heterocycles. The van der Waals surface area contributed by atoms with Crippen molar-refractivity contribution in [2.45, 2.75) is 38.8 Å². The number of halogens is 1. The van der Waals surface area contributed by atoms with Crippen LogP contribution in [0.2, 0.25) is 0 Å². The second kappa shape index (κ2) is 6.22. The van der Waals surface area contributed by atoms with Gasteiger partial charge in [0.05, 0.1) is 16.8 Å². The Balaban J connectivity index is 2.13. The Morgan fingerprint density at radius 1 is 1.56 bits per heavy atom. The van der Waals surface area contributed by atoms with E-state index in [4.69, 9.17) is 4.42 Å². The summed E-state index contributed by atoms with van der Waals surface area (Å²) in [5, 5.41) is 3.56. The van der Waals surface area contributed by atoms with Gasteiger partial charge in [0, 0.05) is 12.6 Å². The molecule has 1 aromatic heterocycles. The third-order valence-electron chi connectivity index (χ3n) is 3.71. The summed E-state index contributed by atoms with van der Waals surface area (Å²) in [4.78, 5) is 2.42. The zero-order valence-corrected chi connectivity index (χ0v) is 13.0. The normalized spacial score (nSPS) is 25.8. The van der Waals surface area contributed by atoms with Gasteiger partial charge in [-0.15, -0.1) is 0 Å². The minimum atomic E-state index is 0.384. The summed E-state index contributed by atoms with van der Waals surface area (Å²) >= 11 is 3.60. The van der Waals surface area contributed by atoms with Crippen LogP contribution in [0.4, 0.5) is 0 Å². The van der Waals surface area contributed by atoms with Crippen molar-refractivity contribution in [3.05, 3.63) is 22.6 Å². The Kier molecular flexibility index (Phi) is 4.87. The highest BCUT2D eigenvalue weighted by Gasteiger charge is 2.33. The van der Waals surface area contributed by atoms with Gasteiger partial charge in [-0.2, -0.15) is 0 Å². The number of nitrogens with one attached hydrogen (secondary N) is 1. The average Bonchev–Trinajstić information content (AvgIpc) is 2.72. The Morgan fingerprint density at radius 2 is 2.33 bits per heavy atom. The fourth-order valence-corrected chi connectivity index (χ4v) is 3.23. The highest BCUT2D eigenvalue weighted by molar-refractivity contribution is 9.10. The average molecular weight is 315 g/mol. The fraction of sp³-hybridized carbons (Fsp3) is 0.714. The largest absolute Gasteiger partial charge is 0.466 e. The highest BCUT2D eigenvalue weighted by Crippen LogP contribution is 2.38. The molecule has 18 heavy (non-hydrogen) atoms. The topological polar surface area (TPSA) is 28.4 Å². The van der Waals surface area contributed by atoms with E-state index >= 15 is 0 Å². The lowest BCUT2D eigenvalue weighted by atomic mass is 9.87. The predicted molar refractivity (Wildman–Crippen MR) is 77.6 cm³/mol. The van der Waals surface area contributed by atoms with Crippen LogP contribution in [-0.4, -0.2) is 31.1 Å². The van der Waals surface area contributed by atoms with E-state index < -0.39 is 0 Å². The van der Waals surface area contributed by atoms with Crippen molar-refractivity contribution in [3.63, 3.8) is 0 Å². The van der Waals surface area contributed by atoms with Crippen molar-refractivity contribution in [1.82, 2.24) is 10.2 Å². The summed E-state index contributed by atoms with van der Waals surface area (Å²) in [7, 11) is 2.20. The summed E-state index contributed by atoms with van der Waals surface area (Å²) in [6.45, 7) is 6.60. The van der Waals surface area contributed by atoms with E-state index in [9.17, 15) is 0 Å². The number of hydrogen-bond donors (Lipinski definition) is 1. The summed E-state index contributed by atoms with van der Waals surface area (Å²) < 4.78 is 6.79. The molecule has 2 rings (SSSR count). The first-order valence-corrected chi connectivity index (χ1v) is 7.55. The lowest BCUT2D eigenvalue weighted by Gasteiger charge is -2.38. The number of furan rings is 1. The van der Waals surface area contributed by atoms with Crippen LogP contribution in [0.5, 0.6) is 0 Å². The molecule has 4 heteroatoms. The van der Waals surface area contributed by atoms with Gasteiger partial charge >= 0.3 is 0 Å². The second-order valence-corrected chi connectivity index (χ2v) is 6.38. The number of rotatable bonds is 4. The molecule has 2 heterocycles. The monoisotopic (exact) mass is 314 g/mol. The number of piperidine rings is 1. The third kappa shape index (κ3) is 3.16. The SMILES string of the molecule is CC(C)NCC1CCCN(C)C1c1occc1Br. The zero-order chi connectivity index (χ0) is 13.1. The molecule has 2 atom stereocenters. The van der Waals surface area contributed by atoms with E-state index in [1.807, 2.05) is 6.07 Å². The van der Waals surface area contributed by atoms with Gasteiger partial charge in [-0.05, 0) is 54.3 Å². The second-order valence-electron chi connectivity index (χ2n) is 5.52. The van der Waals surface area contributed by atoms with E-state index in [0.717, 1.165) is 23.3 Å². The van der Waals surface area contributed by atoms with Crippen molar-refractivity contribution in [2.24, 2.45) is 5.92 Å². The molecule has 0 amide bonds. The van der Waals surface area contributed by atoms with Gasteiger partial charge in [0.1, 0.15) is 5.76 Å². The lowest BCUT2D eigenvalue weighted by Crippen LogP contribution is -2.41. The van der Waals surface area contributed by atoms with Crippen LogP contribution < -0.4 is 5.32 Å². The predicted octanol–water partition coefficient (Wildman–Crippen LogP) is 3.42. The molecule has 1 fully saturated rings. The van der Waals surface area contributed by atoms with Gasteiger partial charge in [-0.25, -0.2) is 0 Å². The van der Waals surface area contributed by atoms with Crippen LogP contribution in [0.3, 0.4) is 0 Å². The van der Waals surface area contributed by atoms with Crippen LogP contribution in [0.25, 0.3) is 0 Å². The Morgan fingerprint density at radius 3 is 2.94 bits per heavy atom. The molecule has 1 N–H and O–H groups in total. The molecule has 0 bridgehead atoms. The molecule has 0 aromatic carbocycles. The fourth-order valence-electron chi connectivity index (χ4n) is 2.79. The molecule has 3 nitrogen and oxygen atoms in total. The van der Waals surface area contributed by atoms with Crippen molar-refractivity contribution in [1.29, 1.82) is 0 Å². The van der Waals surface area contributed by atoms with E-state index in [-0.39, 0.29) is 0 Å². The highest BCUT2D eigenvalue weighted by atomic mass is 79.9. The van der Waals surface area contributed by atoms with Crippen molar-refractivity contribution in [3.8, 4) is 0 Å². The lowest BCUT2D eigenvalue weighted by molar-refractivity contribution is 0.0992. The van der Waals surface area contributed by atoms with Crippen LogP contribution in [0.15, 0.2) is 21.2 Å². The smallest absolute Gasteiger partial charge is 0.135 e. The first kappa shape index (κ1) is 14.1. The quantitative estimate of drug-likeness (QED) is 0.923. The summed E-state index contributed by atoms with van der Waals surface area (Å²) in [6, 6.07) is 2.91. The van der Waals surface area contributed by atoms with E-state index in [1.165, 1.54) is 12.8 Å². The van der Waals surface area contributed by atoms with Gasteiger partial charge in [0.15, 0.2) is 0 Å². The Hall–Kier alpha value is -0.320. The van der Waals surface area contributed by atoms with Crippen LogP contribution in [0.1, 0.15) is 38.5 Å². The molecule has 0 spiro atoms. The summed E-state index contributed by atoms with van der Waals surface area (Å²) in [6.07, 6.45) is 4.31. The maximum absolute atomic E-state index is 5.69. The number of likely N-dealkylation sites (tertiary alicyclic amines) is 1. The summed E-state index contributed by atoms with van der Waals surface area (Å²) in [5.74, 6) is 1.70. The van der Waals surface area contributed by atoms with Crippen molar-refractivity contribution >= 4 is 15.9 Å². The minimum absolute atomic E-state index is 0.384. The molecule has 0 saturated carbocycles. The maximum Gasteiger partial charge on any atom is 0.135 e. The van der Waals surface area contributed by atoms with E-state index in [1.54, 1.807) is 6.26 Å². The van der Waals surface area contributed by atoms with Crippen LogP contribution in [0, 0.1) is 5.92 Å². The molecule has 2 unspecified atom stereocenters. The first-order chi connectivity index (χ1) is 8.59. The van der Waals surface area contributed by atoms with Crippen molar-refractivity contribution in [2.75, 3.05) is 20.1 Å². The Labute approximate surface area is 118 Å². The third-order valence-corrected chi connectivity index (χ3v) is 4.36. The molecule has 1 aliphatic rings. The molecule has 1 saturated heterocycles. The molecular weight excluding hydrogens is 292 g/mol. The zero-order valence-electron chi connectivity index (χ0n) is 11.4. The van der Waals surface area contributed by atoms with Gasteiger partial charge in [-0.3, -0.25) is 4.90 Å². The van der Waals surface area contributed by atoms with Gasteiger partial charge in [-0.1, -0.05) is 13.8 Å². The van der Waals surface area contributed by atoms with Gasteiger partial charge in [0.2, 0.25) is 0 Å². The van der Waals surface area contributed by atoms with E-state index in [0.29, 0.717) is 18.0 Å². The molecule has 0 aliphatic carbocycles. The van der Waals surface area contributed by atoms with Crippen molar-refractivity contribution < 1.29 is 4.42 Å². The molecule has 102 valence electrons. The number of nitrogens with zero attached hydrogens (tertiary/aromatic N) is 1. The van der Waals surface area contributed by atoms with Gasteiger partial charge < -0.3 is 9.73 Å². The first-order valence-electron chi connectivity index (χ1n) is 6.76. The molecular formula is C14H23BrN2O. The minimum Gasteiger partial charge on any atom is -0.466 e. The number of hydrogen-bond acceptors (Lipinski definition) is 3. The van der Waals surface area contributed by atoms with Crippen LogP contribution >= 0.6 is 15.9 Å². The molecule has 1 aromatic rings. The maximum atomic E-state index is 5.69. The standard InChI is InChI=1S/C14H23BrN2O/c1-10(2)16-9-11-5-4-7-17(3)13(11)14-12(15)6-8-18-14/h6,8,10-11,13,16H,4-5,7,9H2,1-3H3. The van der Waals surface area contributed by atoms with Crippen LogP contribution in [-0.2, 0) is 0 Å².